The Hall–Kier alpha value is -2.64. The van der Waals surface area contributed by atoms with Crippen molar-refractivity contribution in [3.63, 3.8) is 0 Å². The molecule has 0 aliphatic heterocycles. The topological polar surface area (TPSA) is 136 Å². The number of nitro benzene ring substituents is 1. The lowest BCUT2D eigenvalue weighted by Gasteiger charge is -2.11. The van der Waals surface area contributed by atoms with E-state index in [-0.39, 0.29) is 16.9 Å². The van der Waals surface area contributed by atoms with Crippen molar-refractivity contribution in [3.8, 4) is 0 Å². The molecule has 102 valence electrons. The lowest BCUT2D eigenvalue weighted by molar-refractivity contribution is -0.384. The summed E-state index contributed by atoms with van der Waals surface area (Å²) in [6.07, 6.45) is 0. The van der Waals surface area contributed by atoms with Crippen LogP contribution in [0, 0.1) is 17.0 Å². The second-order valence-electron chi connectivity index (χ2n) is 4.04. The maximum Gasteiger partial charge on any atom is 0.325 e. The second-order valence-corrected chi connectivity index (χ2v) is 4.04. The Labute approximate surface area is 108 Å². The molecule has 0 saturated heterocycles. The molecule has 0 unspecified atom stereocenters. The van der Waals surface area contributed by atoms with Crippen molar-refractivity contribution in [2.75, 3.05) is 5.73 Å². The molecule has 4 N–H and O–H groups in total. The molecule has 8 nitrogen and oxygen atoms in total. The number of nitrogens with one attached hydrogen (secondary N) is 1. The van der Waals surface area contributed by atoms with Gasteiger partial charge in [0.05, 0.1) is 10.5 Å². The molecule has 1 rings (SSSR count). The zero-order chi connectivity index (χ0) is 14.7. The number of anilines is 1. The predicted octanol–water partition coefficient (Wildman–Crippen LogP) is 0.688. The van der Waals surface area contributed by atoms with Crippen LogP contribution in [-0.4, -0.2) is 27.9 Å². The normalized spacial score (nSPS) is 11.7. The molecule has 19 heavy (non-hydrogen) atoms. The molecule has 0 bridgehead atoms. The standard InChI is InChI=1S/C11H13N3O5/c1-5-3-7(9(12)8(4-5)14(18)19)10(15)13-6(2)11(16)17/h3-4,6H,12H2,1-2H3,(H,13,15)(H,16,17)/t6-/m1/s1. The van der Waals surface area contributed by atoms with Crippen LogP contribution in [0.5, 0.6) is 0 Å². The number of aliphatic carboxylic acids is 1. The van der Waals surface area contributed by atoms with Crippen molar-refractivity contribution in [1.82, 2.24) is 5.32 Å². The summed E-state index contributed by atoms with van der Waals surface area (Å²) in [5.74, 6) is -1.98. The number of nitro groups is 1. The van der Waals surface area contributed by atoms with Gasteiger partial charge in [0.2, 0.25) is 0 Å². The minimum atomic E-state index is -1.21. The smallest absolute Gasteiger partial charge is 0.325 e. The summed E-state index contributed by atoms with van der Waals surface area (Å²) in [6, 6.07) is 1.49. The van der Waals surface area contributed by atoms with Gasteiger partial charge < -0.3 is 16.2 Å². The Kier molecular flexibility index (Phi) is 4.05. The lowest BCUT2D eigenvalue weighted by atomic mass is 10.1. The molecule has 1 aromatic carbocycles. The minimum absolute atomic E-state index is 0.111. The molecule has 0 fully saturated rings. The van der Waals surface area contributed by atoms with Gasteiger partial charge in [-0.2, -0.15) is 0 Å². The van der Waals surface area contributed by atoms with Crippen LogP contribution in [0.25, 0.3) is 0 Å². The highest BCUT2D eigenvalue weighted by molar-refractivity contribution is 6.02. The van der Waals surface area contributed by atoms with Crippen LogP contribution in [0.4, 0.5) is 11.4 Å². The molecule has 0 aliphatic rings. The molecule has 0 radical (unpaired) electrons. The largest absolute Gasteiger partial charge is 0.480 e. The number of nitrogens with two attached hydrogens (primary N) is 1. The van der Waals surface area contributed by atoms with Crippen molar-refractivity contribution in [2.45, 2.75) is 19.9 Å². The Morgan fingerprint density at radius 1 is 1.47 bits per heavy atom. The molecule has 0 aliphatic carbocycles. The fourth-order valence-corrected chi connectivity index (χ4v) is 1.45. The highest BCUT2D eigenvalue weighted by atomic mass is 16.6. The van der Waals surface area contributed by atoms with E-state index >= 15 is 0 Å². The van der Waals surface area contributed by atoms with E-state index in [4.69, 9.17) is 10.8 Å². The fourth-order valence-electron chi connectivity index (χ4n) is 1.45. The zero-order valence-corrected chi connectivity index (χ0v) is 10.3. The number of hydrogen-bond donors (Lipinski definition) is 3. The SMILES string of the molecule is Cc1cc(C(=O)N[C@H](C)C(=O)O)c(N)c([N+](=O)[O-])c1. The molecule has 1 atom stereocenters. The third-order valence-electron chi connectivity index (χ3n) is 2.46. The predicted molar refractivity (Wildman–Crippen MR) is 66.8 cm³/mol. The summed E-state index contributed by atoms with van der Waals surface area (Å²) in [5.41, 5.74) is 5.26. The number of carbonyl (C=O) groups excluding carboxylic acids is 1. The Morgan fingerprint density at radius 3 is 2.53 bits per heavy atom. The first-order chi connectivity index (χ1) is 8.73. The van der Waals surface area contributed by atoms with Gasteiger partial charge in [-0.25, -0.2) is 0 Å². The number of rotatable bonds is 4. The van der Waals surface area contributed by atoms with Gasteiger partial charge in [0.1, 0.15) is 11.7 Å². The maximum atomic E-state index is 11.8. The summed E-state index contributed by atoms with van der Waals surface area (Å²) in [5, 5.41) is 21.7. The number of amides is 1. The summed E-state index contributed by atoms with van der Waals surface area (Å²) >= 11 is 0. The van der Waals surface area contributed by atoms with Gasteiger partial charge in [0.15, 0.2) is 0 Å². The van der Waals surface area contributed by atoms with Crippen LogP contribution >= 0.6 is 0 Å². The van der Waals surface area contributed by atoms with E-state index in [0.717, 1.165) is 0 Å². The molecular weight excluding hydrogens is 254 g/mol. The van der Waals surface area contributed by atoms with Gasteiger partial charge in [0.25, 0.3) is 11.6 Å². The maximum absolute atomic E-state index is 11.8. The molecule has 0 saturated carbocycles. The summed E-state index contributed by atoms with van der Waals surface area (Å²) in [6.45, 7) is 2.85. The van der Waals surface area contributed by atoms with Gasteiger partial charge in [-0.3, -0.25) is 19.7 Å². The summed E-state index contributed by atoms with van der Waals surface area (Å²) in [7, 11) is 0. The number of carbonyl (C=O) groups is 2. The number of carboxylic acid groups (broad SMARTS) is 1. The molecule has 1 amide bonds. The third kappa shape index (κ3) is 3.18. The molecular formula is C11H13N3O5. The second kappa shape index (κ2) is 5.34. The van der Waals surface area contributed by atoms with E-state index < -0.39 is 22.8 Å². The Bertz CT molecular complexity index is 556. The number of aryl methyl sites for hydroxylation is 1. The molecule has 1 aromatic rings. The minimum Gasteiger partial charge on any atom is -0.480 e. The first-order valence-corrected chi connectivity index (χ1v) is 5.32. The number of benzene rings is 1. The van der Waals surface area contributed by atoms with Crippen molar-refractivity contribution in [2.24, 2.45) is 0 Å². The number of carboxylic acids is 1. The van der Waals surface area contributed by atoms with E-state index in [1.54, 1.807) is 6.92 Å². The van der Waals surface area contributed by atoms with Gasteiger partial charge in [-0.05, 0) is 25.5 Å². The van der Waals surface area contributed by atoms with Crippen molar-refractivity contribution in [1.29, 1.82) is 0 Å². The van der Waals surface area contributed by atoms with Gasteiger partial charge in [-0.1, -0.05) is 0 Å². The number of nitrogen functional groups attached to an aromatic ring is 1. The van der Waals surface area contributed by atoms with Crippen molar-refractivity contribution in [3.05, 3.63) is 33.4 Å². The zero-order valence-electron chi connectivity index (χ0n) is 10.3. The average molecular weight is 267 g/mol. The third-order valence-corrected chi connectivity index (χ3v) is 2.46. The number of nitrogens with zero attached hydrogens (tertiary/aromatic N) is 1. The van der Waals surface area contributed by atoms with E-state index in [1.165, 1.54) is 19.1 Å². The molecule has 0 spiro atoms. The van der Waals surface area contributed by atoms with Crippen LogP contribution in [0.2, 0.25) is 0 Å². The van der Waals surface area contributed by atoms with Gasteiger partial charge in [-0.15, -0.1) is 0 Å². The lowest BCUT2D eigenvalue weighted by Crippen LogP contribution is -2.38. The van der Waals surface area contributed by atoms with E-state index in [9.17, 15) is 19.7 Å². The first kappa shape index (κ1) is 14.4. The van der Waals surface area contributed by atoms with E-state index in [2.05, 4.69) is 5.32 Å². The molecule has 8 heteroatoms. The van der Waals surface area contributed by atoms with Crippen LogP contribution < -0.4 is 11.1 Å². The average Bonchev–Trinajstić information content (AvgIpc) is 2.30. The van der Waals surface area contributed by atoms with Crippen LogP contribution in [0.3, 0.4) is 0 Å². The number of hydrogen-bond acceptors (Lipinski definition) is 5. The van der Waals surface area contributed by atoms with Gasteiger partial charge >= 0.3 is 5.97 Å². The molecule has 0 aromatic heterocycles. The highest BCUT2D eigenvalue weighted by Gasteiger charge is 2.22. The van der Waals surface area contributed by atoms with Gasteiger partial charge in [0, 0.05) is 6.07 Å². The van der Waals surface area contributed by atoms with Crippen molar-refractivity contribution < 1.29 is 19.6 Å². The van der Waals surface area contributed by atoms with E-state index in [1.807, 2.05) is 0 Å². The Morgan fingerprint density at radius 2 is 2.05 bits per heavy atom. The van der Waals surface area contributed by atoms with Crippen LogP contribution in [0.15, 0.2) is 12.1 Å². The first-order valence-electron chi connectivity index (χ1n) is 5.32. The van der Waals surface area contributed by atoms with Crippen LogP contribution in [-0.2, 0) is 4.79 Å². The quantitative estimate of drug-likeness (QED) is 0.417. The van der Waals surface area contributed by atoms with Crippen molar-refractivity contribution >= 4 is 23.3 Å². The monoisotopic (exact) mass is 267 g/mol. The van der Waals surface area contributed by atoms with E-state index in [0.29, 0.717) is 5.56 Å². The highest BCUT2D eigenvalue weighted by Crippen LogP contribution is 2.27. The summed E-state index contributed by atoms with van der Waals surface area (Å²) < 4.78 is 0. The molecule has 0 heterocycles. The summed E-state index contributed by atoms with van der Waals surface area (Å²) in [4.78, 5) is 32.6. The fraction of sp³-hybridized carbons (Fsp3) is 0.273. The van der Waals surface area contributed by atoms with Crippen LogP contribution in [0.1, 0.15) is 22.8 Å². The Balaban J connectivity index is 3.17.